The van der Waals surface area contributed by atoms with Gasteiger partial charge in [-0.2, -0.15) is 39.5 Å². The summed E-state index contributed by atoms with van der Waals surface area (Å²) in [6, 6.07) is 7.39. The maximum absolute atomic E-state index is 13.5. The van der Waals surface area contributed by atoms with Crippen LogP contribution in [0.3, 0.4) is 0 Å². The van der Waals surface area contributed by atoms with Crippen LogP contribution in [0.5, 0.6) is 0 Å². The summed E-state index contributed by atoms with van der Waals surface area (Å²) >= 11 is 0. The van der Waals surface area contributed by atoms with Crippen molar-refractivity contribution in [3.05, 3.63) is 122 Å². The molecular formula is C54H62F9N9O5. The molecule has 4 aliphatic rings. The molecule has 4 fully saturated rings. The van der Waals surface area contributed by atoms with E-state index in [2.05, 4.69) is 36.7 Å². The average Bonchev–Trinajstić information content (AvgIpc) is 3.84. The molecule has 4 atom stereocenters. The highest BCUT2D eigenvalue weighted by molar-refractivity contribution is 5.97. The number of amides is 2. The molecule has 2 aliphatic heterocycles. The third-order valence-electron chi connectivity index (χ3n) is 14.8. The Bertz CT molecular complexity index is 2790. The van der Waals surface area contributed by atoms with Crippen molar-refractivity contribution >= 4 is 35.3 Å². The fraction of sp³-hybridized carbons (Fsp3) is 0.519. The van der Waals surface area contributed by atoms with Gasteiger partial charge >= 0.3 is 30.7 Å². The maximum Gasteiger partial charge on any atom is 0.416 e. The minimum Gasteiger partial charge on any atom is -0.439 e. The molecule has 0 radical (unpaired) electrons. The van der Waals surface area contributed by atoms with E-state index in [-0.39, 0.29) is 36.6 Å². The number of oxime groups is 1. The van der Waals surface area contributed by atoms with E-state index in [1.54, 1.807) is 38.2 Å². The predicted molar refractivity (Wildman–Crippen MR) is 268 cm³/mol. The number of carbonyl (C=O) groups is 2. The van der Waals surface area contributed by atoms with E-state index in [4.69, 9.17) is 21.8 Å². The minimum atomic E-state index is -5.04. The van der Waals surface area contributed by atoms with Gasteiger partial charge in [-0.3, -0.25) is 14.8 Å². The molecule has 0 spiro atoms. The highest BCUT2D eigenvalue weighted by Gasteiger charge is 2.45. The third kappa shape index (κ3) is 13.2. The van der Waals surface area contributed by atoms with Gasteiger partial charge in [-0.1, -0.05) is 55.3 Å². The van der Waals surface area contributed by atoms with Crippen LogP contribution >= 0.6 is 0 Å². The number of nitrogens with two attached hydrogens (primary N) is 1. The number of pyridine rings is 2. The van der Waals surface area contributed by atoms with Crippen molar-refractivity contribution in [1.29, 1.82) is 0 Å². The molecule has 14 nitrogen and oxygen atoms in total. The largest absolute Gasteiger partial charge is 0.439 e. The Morgan fingerprint density at radius 1 is 0.675 bits per heavy atom. The van der Waals surface area contributed by atoms with Gasteiger partial charge in [-0.05, 0) is 114 Å². The van der Waals surface area contributed by atoms with E-state index < -0.39 is 77.3 Å². The Labute approximate surface area is 440 Å². The van der Waals surface area contributed by atoms with Gasteiger partial charge < -0.3 is 30.2 Å². The zero-order valence-corrected chi connectivity index (χ0v) is 43.3. The number of ether oxygens (including phenoxy) is 2. The molecule has 0 bridgehead atoms. The summed E-state index contributed by atoms with van der Waals surface area (Å²) in [4.78, 5) is 45.7. The standard InChI is InChI=1S/C27H31F6N5O3.C27H31F3N4O2/c1-3-37(21-7-5-4-6-8-21)24-18(9-17(13-35-24)23(34)36-40)14-38-15(2)22(41-25(38)39)16-10-19(26(28,29)30)12-20(11-16)27(31,32)33;1-5-33(23-9-7-6-8-10-23)25-20(14-22(31-4)15-32-25)16-34-18(3)24(36-26(34)35)19-11-17(2)12-21(13-19)27(28,29)30/h9-13,15,21-22,40H,3-8,14H2,1-2H3,(H2,34,36);11-15,18,23-24H,5-10,16H2,1-3H3/t15-,22-;18-,24-/m00/s1. The number of hydrogen-bond acceptors (Lipinski definition) is 10. The summed E-state index contributed by atoms with van der Waals surface area (Å²) in [6.45, 7) is 17.7. The molecule has 2 amide bonds. The number of carbonyl (C=O) groups excluding carboxylic acids is 2. The Hall–Kier alpha value is -6.99. The molecule has 4 heterocycles. The van der Waals surface area contributed by atoms with E-state index in [0.29, 0.717) is 52.9 Å². The number of aryl methyl sites for hydroxylation is 1. The molecule has 4 aromatic rings. The zero-order valence-electron chi connectivity index (χ0n) is 43.3. The lowest BCUT2D eigenvalue weighted by Gasteiger charge is -2.36. The van der Waals surface area contributed by atoms with Gasteiger partial charge in [-0.25, -0.2) is 19.4 Å². The first-order valence-electron chi connectivity index (χ1n) is 25.7. The quantitative estimate of drug-likeness (QED) is 0.0330. The van der Waals surface area contributed by atoms with Crippen molar-refractivity contribution in [2.75, 3.05) is 22.9 Å². The molecule has 0 unspecified atom stereocenters. The molecule has 77 heavy (non-hydrogen) atoms. The fourth-order valence-corrected chi connectivity index (χ4v) is 10.9. The molecule has 23 heteroatoms. The van der Waals surface area contributed by atoms with E-state index in [9.17, 15) is 54.3 Å². The Balaban J connectivity index is 0.000000225. The van der Waals surface area contributed by atoms with Crippen LogP contribution in [-0.4, -0.2) is 80.3 Å². The first kappa shape index (κ1) is 57.7. The van der Waals surface area contributed by atoms with Crippen LogP contribution < -0.4 is 15.5 Å². The Morgan fingerprint density at radius 2 is 1.09 bits per heavy atom. The van der Waals surface area contributed by atoms with Crippen LogP contribution in [0.15, 0.2) is 66.1 Å². The second kappa shape index (κ2) is 23.7. The normalized spacial score (nSPS) is 20.8. The molecule has 2 saturated carbocycles. The van der Waals surface area contributed by atoms with E-state index in [0.717, 1.165) is 87.8 Å². The maximum atomic E-state index is 13.5. The number of rotatable bonds is 13. The van der Waals surface area contributed by atoms with Gasteiger partial charge in [0.05, 0.1) is 48.4 Å². The molecule has 416 valence electrons. The smallest absolute Gasteiger partial charge is 0.416 e. The van der Waals surface area contributed by atoms with Crippen LogP contribution in [0.1, 0.15) is 154 Å². The lowest BCUT2D eigenvalue weighted by molar-refractivity contribution is -0.143. The van der Waals surface area contributed by atoms with Crippen molar-refractivity contribution in [3.63, 3.8) is 0 Å². The number of benzene rings is 2. The van der Waals surface area contributed by atoms with E-state index in [1.807, 2.05) is 6.92 Å². The average molecular weight is 1090 g/mol. The highest BCUT2D eigenvalue weighted by Crippen LogP contribution is 2.43. The van der Waals surface area contributed by atoms with Crippen molar-refractivity contribution in [2.45, 2.75) is 167 Å². The van der Waals surface area contributed by atoms with Crippen LogP contribution in [0.4, 0.5) is 66.4 Å². The predicted octanol–water partition coefficient (Wildman–Crippen LogP) is 13.7. The fourth-order valence-electron chi connectivity index (χ4n) is 10.9. The summed E-state index contributed by atoms with van der Waals surface area (Å²) in [7, 11) is 0. The molecule has 2 aromatic heterocycles. The van der Waals surface area contributed by atoms with Crippen molar-refractivity contribution in [1.82, 2.24) is 19.8 Å². The first-order valence-corrected chi connectivity index (χ1v) is 25.7. The van der Waals surface area contributed by atoms with Crippen LogP contribution in [-0.2, 0) is 41.1 Å². The monoisotopic (exact) mass is 1090 g/mol. The molecule has 3 N–H and O–H groups in total. The van der Waals surface area contributed by atoms with Crippen LogP contribution in [0.25, 0.3) is 4.85 Å². The molecular weight excluding hydrogens is 1030 g/mol. The van der Waals surface area contributed by atoms with E-state index >= 15 is 0 Å². The number of cyclic esters (lactones) is 2. The SMILES string of the molecule is CCN(c1ncc(/C(N)=N/O)cc1CN1C(=O)O[C@H](c2cc(C(F)(F)F)cc(C(F)(F)F)c2)[C@@H]1C)C1CCCCC1.[C-]#[N+]c1cnc(N(CC)C2CCCCC2)c(CN2C(=O)O[C@H](c3cc(C)cc(C(F)(F)F)c3)[C@@H]2C)c1. The number of anilines is 2. The number of alkyl halides is 9. The summed E-state index contributed by atoms with van der Waals surface area (Å²) in [5.74, 6) is 1.08. The lowest BCUT2D eigenvalue weighted by Crippen LogP contribution is -2.39. The second-order valence-electron chi connectivity index (χ2n) is 20.0. The molecule has 8 rings (SSSR count). The van der Waals surface area contributed by atoms with Gasteiger partial charge in [0, 0.05) is 54.3 Å². The molecule has 2 aromatic carbocycles. The van der Waals surface area contributed by atoms with Crippen molar-refractivity contribution < 1.29 is 63.8 Å². The Kier molecular flexibility index (Phi) is 17.8. The lowest BCUT2D eigenvalue weighted by atomic mass is 9.93. The summed E-state index contributed by atoms with van der Waals surface area (Å²) < 4.78 is 132. The van der Waals surface area contributed by atoms with Crippen LogP contribution in [0.2, 0.25) is 0 Å². The van der Waals surface area contributed by atoms with Gasteiger partial charge in [0.15, 0.2) is 5.84 Å². The van der Waals surface area contributed by atoms with Crippen molar-refractivity contribution in [2.24, 2.45) is 10.9 Å². The first-order chi connectivity index (χ1) is 36.4. The minimum absolute atomic E-state index is 0.0316. The van der Waals surface area contributed by atoms with Gasteiger partial charge in [0.25, 0.3) is 0 Å². The number of hydrogen-bond donors (Lipinski definition) is 2. The molecule has 2 saturated heterocycles. The number of aromatic nitrogens is 2. The van der Waals surface area contributed by atoms with Gasteiger partial charge in [0.2, 0.25) is 5.69 Å². The third-order valence-corrected chi connectivity index (χ3v) is 14.8. The van der Waals surface area contributed by atoms with Crippen LogP contribution in [0, 0.1) is 13.5 Å². The highest BCUT2D eigenvalue weighted by atomic mass is 19.4. The number of halogens is 9. The molecule has 2 aliphatic carbocycles. The van der Waals surface area contributed by atoms with E-state index in [1.165, 1.54) is 29.3 Å². The van der Waals surface area contributed by atoms with Gasteiger partial charge in [-0.15, -0.1) is 0 Å². The number of nitrogens with zero attached hydrogens (tertiary/aromatic N) is 8. The number of amidine groups is 1. The second-order valence-corrected chi connectivity index (χ2v) is 20.0. The summed E-state index contributed by atoms with van der Waals surface area (Å²) in [5, 5.41) is 12.2. The zero-order chi connectivity index (χ0) is 56.1. The van der Waals surface area contributed by atoms with Crippen molar-refractivity contribution in [3.8, 4) is 0 Å². The summed E-state index contributed by atoms with van der Waals surface area (Å²) in [5.41, 5.74) is 4.27. The summed E-state index contributed by atoms with van der Waals surface area (Å²) in [6.07, 6.45) is -4.53. The Morgan fingerprint density at radius 3 is 1.51 bits per heavy atom. The topological polar surface area (TPSA) is 154 Å². The van der Waals surface area contributed by atoms with Gasteiger partial charge in [0.1, 0.15) is 23.8 Å².